The predicted octanol–water partition coefficient (Wildman–Crippen LogP) is 1.94. The third-order valence-corrected chi connectivity index (χ3v) is 3.45. The van der Waals surface area contributed by atoms with E-state index in [1.54, 1.807) is 24.0 Å². The zero-order valence-corrected chi connectivity index (χ0v) is 11.8. The van der Waals surface area contributed by atoms with Crippen molar-refractivity contribution in [3.05, 3.63) is 34.9 Å². The van der Waals surface area contributed by atoms with Gasteiger partial charge < -0.3 is 14.7 Å². The van der Waals surface area contributed by atoms with Crippen molar-refractivity contribution in [3.63, 3.8) is 0 Å². The van der Waals surface area contributed by atoms with Gasteiger partial charge in [0.25, 0.3) is 5.91 Å². The van der Waals surface area contributed by atoms with Crippen molar-refractivity contribution in [2.75, 3.05) is 19.7 Å². The average molecular weight is 277 g/mol. The van der Waals surface area contributed by atoms with Crippen molar-refractivity contribution in [2.45, 2.75) is 26.4 Å². The predicted molar refractivity (Wildman–Crippen MR) is 74.1 cm³/mol. The molecule has 0 spiro atoms. The van der Waals surface area contributed by atoms with Gasteiger partial charge in [-0.3, -0.25) is 4.79 Å². The second kappa shape index (κ2) is 6.05. The van der Waals surface area contributed by atoms with Crippen LogP contribution < -0.4 is 0 Å². The SMILES string of the molecule is CCC1CN(C(=O)c2cc(C)cc(C(=O)O)c2)CCO1. The Hall–Kier alpha value is -1.88. The fourth-order valence-electron chi connectivity index (χ4n) is 2.36. The fourth-order valence-corrected chi connectivity index (χ4v) is 2.36. The van der Waals surface area contributed by atoms with E-state index in [1.807, 2.05) is 6.92 Å². The monoisotopic (exact) mass is 277 g/mol. The van der Waals surface area contributed by atoms with Gasteiger partial charge in [0.2, 0.25) is 0 Å². The first-order chi connectivity index (χ1) is 9.51. The molecule has 1 aromatic rings. The van der Waals surface area contributed by atoms with Crippen molar-refractivity contribution in [1.29, 1.82) is 0 Å². The van der Waals surface area contributed by atoms with Crippen molar-refractivity contribution >= 4 is 11.9 Å². The molecule has 0 radical (unpaired) electrons. The Labute approximate surface area is 118 Å². The van der Waals surface area contributed by atoms with Crippen LogP contribution in [0.25, 0.3) is 0 Å². The Morgan fingerprint density at radius 3 is 2.70 bits per heavy atom. The van der Waals surface area contributed by atoms with Gasteiger partial charge in [0.1, 0.15) is 0 Å². The van der Waals surface area contributed by atoms with Crippen molar-refractivity contribution in [2.24, 2.45) is 0 Å². The van der Waals surface area contributed by atoms with Gasteiger partial charge in [-0.05, 0) is 37.1 Å². The molecular weight excluding hydrogens is 258 g/mol. The summed E-state index contributed by atoms with van der Waals surface area (Å²) in [7, 11) is 0. The number of carboxylic acid groups (broad SMARTS) is 1. The van der Waals surface area contributed by atoms with Gasteiger partial charge in [0.15, 0.2) is 0 Å². The largest absolute Gasteiger partial charge is 0.478 e. The molecule has 0 bridgehead atoms. The number of benzene rings is 1. The maximum absolute atomic E-state index is 12.5. The first kappa shape index (κ1) is 14.5. The lowest BCUT2D eigenvalue weighted by Crippen LogP contribution is -2.45. The first-order valence-electron chi connectivity index (χ1n) is 6.77. The van der Waals surface area contributed by atoms with E-state index in [4.69, 9.17) is 9.84 Å². The highest BCUT2D eigenvalue weighted by atomic mass is 16.5. The van der Waals surface area contributed by atoms with Crippen molar-refractivity contribution in [1.82, 2.24) is 4.90 Å². The van der Waals surface area contributed by atoms with Crippen LogP contribution >= 0.6 is 0 Å². The molecule has 1 saturated heterocycles. The topological polar surface area (TPSA) is 66.8 Å². The maximum Gasteiger partial charge on any atom is 0.335 e. The zero-order chi connectivity index (χ0) is 14.7. The van der Waals surface area contributed by atoms with Crippen molar-refractivity contribution < 1.29 is 19.4 Å². The number of hydrogen-bond donors (Lipinski definition) is 1. The highest BCUT2D eigenvalue weighted by Gasteiger charge is 2.24. The van der Waals surface area contributed by atoms with Crippen molar-refractivity contribution in [3.8, 4) is 0 Å². The number of aromatic carboxylic acids is 1. The Morgan fingerprint density at radius 2 is 2.05 bits per heavy atom. The van der Waals surface area contributed by atoms with Gasteiger partial charge in [-0.25, -0.2) is 4.79 Å². The summed E-state index contributed by atoms with van der Waals surface area (Å²) >= 11 is 0. The van der Waals surface area contributed by atoms with E-state index in [-0.39, 0.29) is 17.6 Å². The summed E-state index contributed by atoms with van der Waals surface area (Å²) in [6.45, 7) is 5.45. The van der Waals surface area contributed by atoms with E-state index in [0.29, 0.717) is 25.3 Å². The summed E-state index contributed by atoms with van der Waals surface area (Å²) in [6, 6.07) is 4.73. The third-order valence-electron chi connectivity index (χ3n) is 3.45. The second-order valence-corrected chi connectivity index (χ2v) is 5.05. The smallest absolute Gasteiger partial charge is 0.335 e. The number of carboxylic acids is 1. The van der Waals surface area contributed by atoms with E-state index < -0.39 is 5.97 Å². The molecule has 20 heavy (non-hydrogen) atoms. The standard InChI is InChI=1S/C15H19NO4/c1-3-13-9-16(4-5-20-13)14(17)11-6-10(2)7-12(8-11)15(18)19/h6-8,13H,3-5,9H2,1-2H3,(H,18,19). The number of amides is 1. The number of morpholine rings is 1. The van der Waals surface area contributed by atoms with Crippen LogP contribution in [-0.2, 0) is 4.74 Å². The normalized spacial score (nSPS) is 18.9. The molecule has 0 aromatic heterocycles. The van der Waals surface area contributed by atoms with E-state index in [1.165, 1.54) is 6.07 Å². The molecule has 1 aliphatic heterocycles. The Kier molecular flexibility index (Phi) is 4.39. The van der Waals surface area contributed by atoms with Crippen LogP contribution in [0.3, 0.4) is 0 Å². The summed E-state index contributed by atoms with van der Waals surface area (Å²) in [5.74, 6) is -1.14. The minimum Gasteiger partial charge on any atom is -0.478 e. The lowest BCUT2D eigenvalue weighted by atomic mass is 10.0. The van der Waals surface area contributed by atoms with E-state index >= 15 is 0 Å². The summed E-state index contributed by atoms with van der Waals surface area (Å²) in [4.78, 5) is 25.3. The van der Waals surface area contributed by atoms with Crippen LogP contribution in [0.4, 0.5) is 0 Å². The van der Waals surface area contributed by atoms with Crippen LogP contribution in [0.2, 0.25) is 0 Å². The van der Waals surface area contributed by atoms with E-state index in [0.717, 1.165) is 12.0 Å². The molecule has 1 N–H and O–H groups in total. The average Bonchev–Trinajstić information content (AvgIpc) is 2.45. The molecule has 0 aliphatic carbocycles. The lowest BCUT2D eigenvalue weighted by Gasteiger charge is -2.32. The molecule has 0 saturated carbocycles. The highest BCUT2D eigenvalue weighted by molar-refractivity contribution is 5.97. The molecule has 5 heteroatoms. The molecule has 1 amide bonds. The number of nitrogens with zero attached hydrogens (tertiary/aromatic N) is 1. The Balaban J connectivity index is 2.22. The molecule has 1 atom stereocenters. The van der Waals surface area contributed by atoms with Crippen LogP contribution in [0.15, 0.2) is 18.2 Å². The molecule has 1 aliphatic rings. The Morgan fingerprint density at radius 1 is 1.35 bits per heavy atom. The maximum atomic E-state index is 12.5. The van der Waals surface area contributed by atoms with Gasteiger partial charge in [-0.2, -0.15) is 0 Å². The van der Waals surface area contributed by atoms with Gasteiger partial charge in [0, 0.05) is 18.7 Å². The summed E-state index contributed by atoms with van der Waals surface area (Å²) in [6.07, 6.45) is 0.925. The molecule has 1 unspecified atom stereocenters. The quantitative estimate of drug-likeness (QED) is 0.917. The van der Waals surface area contributed by atoms with Crippen LogP contribution in [0, 0.1) is 6.92 Å². The Bertz CT molecular complexity index is 527. The van der Waals surface area contributed by atoms with E-state index in [2.05, 4.69) is 0 Å². The molecule has 1 aromatic carbocycles. The minimum absolute atomic E-state index is 0.0662. The summed E-state index contributed by atoms with van der Waals surface area (Å²) in [5.41, 5.74) is 1.35. The number of rotatable bonds is 3. The van der Waals surface area contributed by atoms with Gasteiger partial charge in [0.05, 0.1) is 18.3 Å². The number of aryl methyl sites for hydroxylation is 1. The second-order valence-electron chi connectivity index (χ2n) is 5.05. The number of carbonyl (C=O) groups is 2. The molecule has 5 nitrogen and oxygen atoms in total. The number of hydrogen-bond acceptors (Lipinski definition) is 3. The minimum atomic E-state index is -1.02. The molecule has 1 fully saturated rings. The summed E-state index contributed by atoms with van der Waals surface area (Å²) < 4.78 is 5.54. The summed E-state index contributed by atoms with van der Waals surface area (Å²) in [5, 5.41) is 9.06. The van der Waals surface area contributed by atoms with Gasteiger partial charge >= 0.3 is 5.97 Å². The van der Waals surface area contributed by atoms with E-state index in [9.17, 15) is 9.59 Å². The molecule has 2 rings (SSSR count). The fraction of sp³-hybridized carbons (Fsp3) is 0.467. The first-order valence-corrected chi connectivity index (χ1v) is 6.77. The molecule has 108 valence electrons. The van der Waals surface area contributed by atoms with Crippen LogP contribution in [-0.4, -0.2) is 47.7 Å². The van der Waals surface area contributed by atoms with Gasteiger partial charge in [-0.15, -0.1) is 0 Å². The van der Waals surface area contributed by atoms with Crippen LogP contribution in [0.5, 0.6) is 0 Å². The van der Waals surface area contributed by atoms with Crippen LogP contribution in [0.1, 0.15) is 39.6 Å². The third kappa shape index (κ3) is 3.17. The molecule has 1 heterocycles. The number of carbonyl (C=O) groups excluding carboxylic acids is 1. The zero-order valence-electron chi connectivity index (χ0n) is 11.8. The highest BCUT2D eigenvalue weighted by Crippen LogP contribution is 2.15. The number of ether oxygens (including phenoxy) is 1. The van der Waals surface area contributed by atoms with Gasteiger partial charge in [-0.1, -0.05) is 6.92 Å². The molecular formula is C15H19NO4. The lowest BCUT2D eigenvalue weighted by molar-refractivity contribution is -0.0226.